The van der Waals surface area contributed by atoms with Crippen molar-refractivity contribution in [3.8, 4) is 0 Å². The maximum absolute atomic E-state index is 10.9. The van der Waals surface area contributed by atoms with Gasteiger partial charge in [0.05, 0.1) is 6.54 Å². The van der Waals surface area contributed by atoms with Crippen molar-refractivity contribution in [2.24, 2.45) is 10.9 Å². The molecule has 0 aromatic heterocycles. The van der Waals surface area contributed by atoms with Crippen LogP contribution in [-0.4, -0.2) is 61.4 Å². The number of hydrogen-bond acceptors (Lipinski definition) is 4. The molecular formula is C12H22N4O. The Bertz CT molecular complexity index is 308. The van der Waals surface area contributed by atoms with Gasteiger partial charge in [-0.15, -0.1) is 0 Å². The van der Waals surface area contributed by atoms with Gasteiger partial charge in [-0.05, 0) is 18.8 Å². The number of guanidine groups is 1. The van der Waals surface area contributed by atoms with Crippen LogP contribution in [0.25, 0.3) is 0 Å². The summed E-state index contributed by atoms with van der Waals surface area (Å²) in [5.74, 6) is 1.86. The molecule has 0 unspecified atom stereocenters. The standard InChI is InChI=1S/C12H22N4O/c1-10(17)14-9-11-3-6-16(7-4-11)12-13-5-8-15(12)2/h11H,3-9H2,1-2H3,(H,14,17). The lowest BCUT2D eigenvalue weighted by Crippen LogP contribution is -2.45. The molecule has 1 amide bonds. The third kappa shape index (κ3) is 3.11. The van der Waals surface area contributed by atoms with Crippen LogP contribution in [0.5, 0.6) is 0 Å². The van der Waals surface area contributed by atoms with Gasteiger partial charge in [0.25, 0.3) is 0 Å². The first-order valence-electron chi connectivity index (χ1n) is 6.42. The molecule has 1 fully saturated rings. The number of piperidine rings is 1. The molecule has 5 nitrogen and oxygen atoms in total. The molecule has 17 heavy (non-hydrogen) atoms. The van der Waals surface area contributed by atoms with Crippen molar-refractivity contribution in [3.05, 3.63) is 0 Å². The summed E-state index contributed by atoms with van der Waals surface area (Å²) >= 11 is 0. The number of nitrogens with one attached hydrogen (secondary N) is 1. The van der Waals surface area contributed by atoms with Crippen LogP contribution in [-0.2, 0) is 4.79 Å². The van der Waals surface area contributed by atoms with Gasteiger partial charge in [0, 0.05) is 40.2 Å². The zero-order valence-electron chi connectivity index (χ0n) is 10.8. The molecule has 0 aromatic carbocycles. The second-order valence-electron chi connectivity index (χ2n) is 4.97. The lowest BCUT2D eigenvalue weighted by atomic mass is 9.97. The van der Waals surface area contributed by atoms with Crippen LogP contribution in [0.2, 0.25) is 0 Å². The van der Waals surface area contributed by atoms with E-state index in [-0.39, 0.29) is 5.91 Å². The number of amides is 1. The van der Waals surface area contributed by atoms with Gasteiger partial charge in [0.2, 0.25) is 5.91 Å². The summed E-state index contributed by atoms with van der Waals surface area (Å²) in [4.78, 5) is 20.0. The van der Waals surface area contributed by atoms with E-state index < -0.39 is 0 Å². The minimum Gasteiger partial charge on any atom is -0.356 e. The predicted molar refractivity (Wildman–Crippen MR) is 67.9 cm³/mol. The second-order valence-corrected chi connectivity index (χ2v) is 4.97. The fraction of sp³-hybridized carbons (Fsp3) is 0.833. The van der Waals surface area contributed by atoms with Crippen LogP contribution < -0.4 is 5.32 Å². The van der Waals surface area contributed by atoms with Crippen molar-refractivity contribution in [2.45, 2.75) is 19.8 Å². The Labute approximate surface area is 103 Å². The molecule has 0 saturated carbocycles. The topological polar surface area (TPSA) is 47.9 Å². The van der Waals surface area contributed by atoms with Crippen molar-refractivity contribution in [3.63, 3.8) is 0 Å². The average molecular weight is 238 g/mol. The SMILES string of the molecule is CC(=O)NCC1CCN(C2=NCCN2C)CC1. The van der Waals surface area contributed by atoms with Gasteiger partial charge in [-0.3, -0.25) is 9.79 Å². The molecule has 0 aliphatic carbocycles. The first-order chi connectivity index (χ1) is 8.16. The van der Waals surface area contributed by atoms with Gasteiger partial charge in [0.15, 0.2) is 5.96 Å². The Morgan fingerprint density at radius 3 is 2.65 bits per heavy atom. The van der Waals surface area contributed by atoms with E-state index >= 15 is 0 Å². The van der Waals surface area contributed by atoms with E-state index in [9.17, 15) is 4.79 Å². The molecule has 1 N–H and O–H groups in total. The number of rotatable bonds is 2. The third-order valence-corrected chi connectivity index (χ3v) is 3.57. The molecule has 96 valence electrons. The normalized spacial score (nSPS) is 21.6. The molecule has 2 rings (SSSR count). The van der Waals surface area contributed by atoms with Gasteiger partial charge in [-0.1, -0.05) is 0 Å². The number of aliphatic imine (C=N–C) groups is 1. The Hall–Kier alpha value is -1.26. The number of likely N-dealkylation sites (tertiary alicyclic amines) is 1. The molecule has 0 aromatic rings. The van der Waals surface area contributed by atoms with Crippen LogP contribution in [0.3, 0.4) is 0 Å². The predicted octanol–water partition coefficient (Wildman–Crippen LogP) is 0.136. The monoisotopic (exact) mass is 238 g/mol. The third-order valence-electron chi connectivity index (χ3n) is 3.57. The molecule has 5 heteroatoms. The number of hydrogen-bond donors (Lipinski definition) is 1. The highest BCUT2D eigenvalue weighted by molar-refractivity contribution is 5.81. The average Bonchev–Trinajstić information content (AvgIpc) is 2.73. The molecule has 0 atom stereocenters. The Balaban J connectivity index is 1.76. The highest BCUT2D eigenvalue weighted by Gasteiger charge is 2.25. The highest BCUT2D eigenvalue weighted by Crippen LogP contribution is 2.18. The largest absolute Gasteiger partial charge is 0.356 e. The Morgan fingerprint density at radius 1 is 1.41 bits per heavy atom. The number of likely N-dealkylation sites (N-methyl/N-ethyl adjacent to an activating group) is 1. The van der Waals surface area contributed by atoms with Crippen LogP contribution in [0.4, 0.5) is 0 Å². The summed E-state index contributed by atoms with van der Waals surface area (Å²) in [5, 5.41) is 2.91. The van der Waals surface area contributed by atoms with Crippen molar-refractivity contribution < 1.29 is 4.79 Å². The smallest absolute Gasteiger partial charge is 0.216 e. The minimum absolute atomic E-state index is 0.0762. The molecule has 2 heterocycles. The fourth-order valence-electron chi connectivity index (χ4n) is 2.49. The Morgan fingerprint density at radius 2 is 2.12 bits per heavy atom. The van der Waals surface area contributed by atoms with Gasteiger partial charge in [-0.2, -0.15) is 0 Å². The number of carbonyl (C=O) groups is 1. The molecule has 2 aliphatic heterocycles. The van der Waals surface area contributed by atoms with Gasteiger partial charge in [-0.25, -0.2) is 0 Å². The number of carbonyl (C=O) groups excluding carboxylic acids is 1. The van der Waals surface area contributed by atoms with Gasteiger partial charge >= 0.3 is 0 Å². The van der Waals surface area contributed by atoms with Crippen LogP contribution in [0.1, 0.15) is 19.8 Å². The first-order valence-corrected chi connectivity index (χ1v) is 6.42. The lowest BCUT2D eigenvalue weighted by molar-refractivity contribution is -0.119. The first kappa shape index (κ1) is 12.2. The molecule has 0 spiro atoms. The van der Waals surface area contributed by atoms with Crippen LogP contribution in [0.15, 0.2) is 4.99 Å². The van der Waals surface area contributed by atoms with Crippen molar-refractivity contribution in [2.75, 3.05) is 39.8 Å². The van der Waals surface area contributed by atoms with Gasteiger partial charge < -0.3 is 15.1 Å². The van der Waals surface area contributed by atoms with Crippen LogP contribution >= 0.6 is 0 Å². The lowest BCUT2D eigenvalue weighted by Gasteiger charge is -2.35. The zero-order valence-corrected chi connectivity index (χ0v) is 10.8. The molecule has 0 radical (unpaired) electrons. The van der Waals surface area contributed by atoms with Crippen molar-refractivity contribution in [1.82, 2.24) is 15.1 Å². The summed E-state index contributed by atoms with van der Waals surface area (Å²) in [6.07, 6.45) is 2.29. The summed E-state index contributed by atoms with van der Waals surface area (Å²) < 4.78 is 0. The maximum atomic E-state index is 10.9. The van der Waals surface area contributed by atoms with E-state index in [1.54, 1.807) is 6.92 Å². The Kier molecular flexibility index (Phi) is 3.86. The van der Waals surface area contributed by atoms with Gasteiger partial charge in [0.1, 0.15) is 0 Å². The van der Waals surface area contributed by atoms with E-state index in [2.05, 4.69) is 27.2 Å². The number of nitrogens with zero attached hydrogens (tertiary/aromatic N) is 3. The summed E-state index contributed by atoms with van der Waals surface area (Å²) in [7, 11) is 2.11. The van der Waals surface area contributed by atoms with E-state index in [0.29, 0.717) is 5.92 Å². The maximum Gasteiger partial charge on any atom is 0.216 e. The fourth-order valence-corrected chi connectivity index (χ4v) is 2.49. The minimum atomic E-state index is 0.0762. The van der Waals surface area contributed by atoms with E-state index in [1.165, 1.54) is 0 Å². The summed E-state index contributed by atoms with van der Waals surface area (Å²) in [6.45, 7) is 6.50. The van der Waals surface area contributed by atoms with E-state index in [4.69, 9.17) is 0 Å². The quantitative estimate of drug-likeness (QED) is 0.744. The van der Waals surface area contributed by atoms with Crippen molar-refractivity contribution >= 4 is 11.9 Å². The molecule has 2 aliphatic rings. The van der Waals surface area contributed by atoms with Crippen LogP contribution in [0, 0.1) is 5.92 Å². The van der Waals surface area contributed by atoms with E-state index in [1.807, 2.05) is 0 Å². The highest BCUT2D eigenvalue weighted by atomic mass is 16.1. The molecule has 0 bridgehead atoms. The van der Waals surface area contributed by atoms with Crippen molar-refractivity contribution in [1.29, 1.82) is 0 Å². The zero-order chi connectivity index (χ0) is 12.3. The summed E-state index contributed by atoms with van der Waals surface area (Å²) in [6, 6.07) is 0. The molecular weight excluding hydrogens is 216 g/mol. The summed E-state index contributed by atoms with van der Waals surface area (Å²) in [5.41, 5.74) is 0. The van der Waals surface area contributed by atoms with E-state index in [0.717, 1.165) is 51.5 Å². The second kappa shape index (κ2) is 5.38. The molecule has 1 saturated heterocycles.